The second-order valence-electron chi connectivity index (χ2n) is 4.04. The monoisotopic (exact) mass is 317 g/mol. The van der Waals surface area contributed by atoms with Crippen molar-refractivity contribution in [3.05, 3.63) is 39.9 Å². The SMILES string of the molecule is C[C@@H](O)[C@H](NC(=O)/C=C/c1cccc(Cl)c1Cl)C(=O)O. The minimum Gasteiger partial charge on any atom is -0.480 e. The van der Waals surface area contributed by atoms with Crippen molar-refractivity contribution in [3.8, 4) is 0 Å². The van der Waals surface area contributed by atoms with Gasteiger partial charge >= 0.3 is 5.97 Å². The van der Waals surface area contributed by atoms with Gasteiger partial charge in [0, 0.05) is 6.08 Å². The third kappa shape index (κ3) is 4.52. The van der Waals surface area contributed by atoms with Crippen LogP contribution in [0, 0.1) is 0 Å². The van der Waals surface area contributed by atoms with Gasteiger partial charge in [-0.25, -0.2) is 4.79 Å². The molecule has 20 heavy (non-hydrogen) atoms. The predicted octanol–water partition coefficient (Wildman–Crippen LogP) is 1.96. The van der Waals surface area contributed by atoms with Crippen LogP contribution in [0.3, 0.4) is 0 Å². The van der Waals surface area contributed by atoms with Gasteiger partial charge < -0.3 is 15.5 Å². The summed E-state index contributed by atoms with van der Waals surface area (Å²) in [5, 5.41) is 20.9. The normalized spacial score (nSPS) is 14.0. The molecule has 0 saturated carbocycles. The number of hydrogen-bond acceptors (Lipinski definition) is 3. The molecule has 0 heterocycles. The molecule has 0 aliphatic carbocycles. The molecule has 0 aromatic heterocycles. The number of carboxylic acids is 1. The maximum absolute atomic E-state index is 11.6. The summed E-state index contributed by atoms with van der Waals surface area (Å²) in [5.41, 5.74) is 0.526. The lowest BCUT2D eigenvalue weighted by Crippen LogP contribution is -2.47. The van der Waals surface area contributed by atoms with Gasteiger partial charge in [0.25, 0.3) is 0 Å². The highest BCUT2D eigenvalue weighted by molar-refractivity contribution is 6.42. The Morgan fingerprint density at radius 2 is 2.00 bits per heavy atom. The van der Waals surface area contributed by atoms with Crippen LogP contribution in [-0.4, -0.2) is 34.2 Å². The van der Waals surface area contributed by atoms with Crippen molar-refractivity contribution in [1.29, 1.82) is 0 Å². The molecule has 0 radical (unpaired) electrons. The van der Waals surface area contributed by atoms with E-state index in [1.54, 1.807) is 18.2 Å². The first-order valence-corrected chi connectivity index (χ1v) is 6.42. The quantitative estimate of drug-likeness (QED) is 0.724. The Hall–Kier alpha value is -1.56. The van der Waals surface area contributed by atoms with E-state index in [0.29, 0.717) is 15.6 Å². The Labute approximate surface area is 125 Å². The maximum Gasteiger partial charge on any atom is 0.328 e. The number of carbonyl (C=O) groups is 2. The lowest BCUT2D eigenvalue weighted by atomic mass is 10.1. The second kappa shape index (κ2) is 7.28. The fourth-order valence-corrected chi connectivity index (χ4v) is 1.78. The van der Waals surface area contributed by atoms with Crippen LogP contribution in [0.1, 0.15) is 12.5 Å². The Kier molecular flexibility index (Phi) is 6.01. The van der Waals surface area contributed by atoms with E-state index in [2.05, 4.69) is 5.32 Å². The summed E-state index contributed by atoms with van der Waals surface area (Å²) >= 11 is 11.8. The first kappa shape index (κ1) is 16.5. The van der Waals surface area contributed by atoms with Crippen molar-refractivity contribution in [2.45, 2.75) is 19.1 Å². The summed E-state index contributed by atoms with van der Waals surface area (Å²) in [4.78, 5) is 22.4. The Morgan fingerprint density at radius 1 is 1.35 bits per heavy atom. The van der Waals surface area contributed by atoms with E-state index >= 15 is 0 Å². The third-order valence-electron chi connectivity index (χ3n) is 2.44. The lowest BCUT2D eigenvalue weighted by Gasteiger charge is -2.15. The zero-order chi connectivity index (χ0) is 15.3. The van der Waals surface area contributed by atoms with Crippen molar-refractivity contribution in [1.82, 2.24) is 5.32 Å². The molecule has 1 aromatic carbocycles. The van der Waals surface area contributed by atoms with Gasteiger partial charge in [-0.05, 0) is 24.6 Å². The maximum atomic E-state index is 11.6. The van der Waals surface area contributed by atoms with Crippen LogP contribution in [0.15, 0.2) is 24.3 Å². The Balaban J connectivity index is 2.77. The van der Waals surface area contributed by atoms with Gasteiger partial charge in [0.15, 0.2) is 6.04 Å². The summed E-state index contributed by atoms with van der Waals surface area (Å²) < 4.78 is 0. The number of benzene rings is 1. The predicted molar refractivity (Wildman–Crippen MR) is 76.7 cm³/mol. The van der Waals surface area contributed by atoms with Crippen LogP contribution in [0.25, 0.3) is 6.08 Å². The Morgan fingerprint density at radius 3 is 2.55 bits per heavy atom. The standard InChI is InChI=1S/C13H13Cl2NO4/c1-7(17)12(13(19)20)16-10(18)6-5-8-3-2-4-9(14)11(8)15/h2-7,12,17H,1H3,(H,16,18)(H,19,20)/b6-5+/t7-,12+/m1/s1. The van der Waals surface area contributed by atoms with Gasteiger partial charge in [-0.15, -0.1) is 0 Å². The molecule has 0 aliphatic heterocycles. The summed E-state index contributed by atoms with van der Waals surface area (Å²) in [6.45, 7) is 1.27. The molecule has 1 amide bonds. The molecule has 0 aliphatic rings. The number of nitrogens with one attached hydrogen (secondary N) is 1. The topological polar surface area (TPSA) is 86.6 Å². The molecule has 3 N–H and O–H groups in total. The van der Waals surface area contributed by atoms with Crippen LogP contribution >= 0.6 is 23.2 Å². The van der Waals surface area contributed by atoms with E-state index in [9.17, 15) is 14.7 Å². The average molecular weight is 318 g/mol. The number of aliphatic hydroxyl groups excluding tert-OH is 1. The molecular weight excluding hydrogens is 305 g/mol. The first-order chi connectivity index (χ1) is 9.32. The summed E-state index contributed by atoms with van der Waals surface area (Å²) in [6, 6.07) is 3.56. The molecule has 0 fully saturated rings. The molecule has 1 aromatic rings. The van der Waals surface area contributed by atoms with Gasteiger partial charge in [-0.1, -0.05) is 35.3 Å². The smallest absolute Gasteiger partial charge is 0.328 e. The van der Waals surface area contributed by atoms with E-state index in [4.69, 9.17) is 28.3 Å². The molecule has 5 nitrogen and oxygen atoms in total. The van der Waals surface area contributed by atoms with Crippen molar-refractivity contribution < 1.29 is 19.8 Å². The molecule has 7 heteroatoms. The van der Waals surface area contributed by atoms with Crippen LogP contribution < -0.4 is 5.32 Å². The van der Waals surface area contributed by atoms with Crippen molar-refractivity contribution >= 4 is 41.2 Å². The molecule has 2 atom stereocenters. The highest BCUT2D eigenvalue weighted by Gasteiger charge is 2.23. The van der Waals surface area contributed by atoms with E-state index in [0.717, 1.165) is 6.08 Å². The molecule has 1 rings (SSSR count). The number of carbonyl (C=O) groups excluding carboxylic acids is 1. The zero-order valence-corrected chi connectivity index (χ0v) is 12.0. The summed E-state index contributed by atoms with van der Waals surface area (Å²) in [6.07, 6.45) is 1.32. The van der Waals surface area contributed by atoms with Crippen molar-refractivity contribution in [2.24, 2.45) is 0 Å². The first-order valence-electron chi connectivity index (χ1n) is 5.66. The van der Waals surface area contributed by atoms with Gasteiger partial charge in [0.2, 0.25) is 5.91 Å². The Bertz CT molecular complexity index is 543. The van der Waals surface area contributed by atoms with Crippen molar-refractivity contribution in [3.63, 3.8) is 0 Å². The van der Waals surface area contributed by atoms with E-state index in [1.807, 2.05) is 0 Å². The lowest BCUT2D eigenvalue weighted by molar-refractivity contribution is -0.144. The van der Waals surface area contributed by atoms with Crippen LogP contribution in [0.2, 0.25) is 10.0 Å². The molecule has 0 saturated heterocycles. The number of amides is 1. The van der Waals surface area contributed by atoms with Crippen molar-refractivity contribution in [2.75, 3.05) is 0 Å². The average Bonchev–Trinajstić information content (AvgIpc) is 2.37. The number of carboxylic acid groups (broad SMARTS) is 1. The van der Waals surface area contributed by atoms with Gasteiger partial charge in [0.05, 0.1) is 16.1 Å². The fraction of sp³-hybridized carbons (Fsp3) is 0.231. The van der Waals surface area contributed by atoms with Gasteiger partial charge in [-0.3, -0.25) is 4.79 Å². The fourth-order valence-electron chi connectivity index (χ4n) is 1.40. The van der Waals surface area contributed by atoms with Crippen LogP contribution in [0.5, 0.6) is 0 Å². The minimum absolute atomic E-state index is 0.295. The zero-order valence-electron chi connectivity index (χ0n) is 10.5. The number of halogens is 2. The van der Waals surface area contributed by atoms with Crippen LogP contribution in [-0.2, 0) is 9.59 Å². The van der Waals surface area contributed by atoms with E-state index in [1.165, 1.54) is 13.0 Å². The minimum atomic E-state index is -1.37. The van der Waals surface area contributed by atoms with Gasteiger partial charge in [-0.2, -0.15) is 0 Å². The highest BCUT2D eigenvalue weighted by Crippen LogP contribution is 2.26. The summed E-state index contributed by atoms with van der Waals surface area (Å²) in [7, 11) is 0. The van der Waals surface area contributed by atoms with Gasteiger partial charge in [0.1, 0.15) is 0 Å². The number of rotatable bonds is 5. The van der Waals surface area contributed by atoms with Crippen LogP contribution in [0.4, 0.5) is 0 Å². The number of aliphatic hydroxyl groups is 1. The second-order valence-corrected chi connectivity index (χ2v) is 4.83. The third-order valence-corrected chi connectivity index (χ3v) is 3.28. The molecular formula is C13H13Cl2NO4. The molecule has 0 spiro atoms. The number of aliphatic carboxylic acids is 1. The van der Waals surface area contributed by atoms with E-state index in [-0.39, 0.29) is 0 Å². The molecule has 108 valence electrons. The molecule has 0 bridgehead atoms. The summed E-state index contributed by atoms with van der Waals surface area (Å²) in [5.74, 6) is -1.98. The highest BCUT2D eigenvalue weighted by atomic mass is 35.5. The largest absolute Gasteiger partial charge is 0.480 e. The molecule has 0 unspecified atom stereocenters. The number of hydrogen-bond donors (Lipinski definition) is 3. The van der Waals surface area contributed by atoms with E-state index < -0.39 is 24.0 Å².